The molecule has 1 rings (SSSR count). The number of rotatable bonds is 11. The number of nitrogens with zero attached hydrogens (tertiary/aromatic N) is 3. The Labute approximate surface area is 167 Å². The summed E-state index contributed by atoms with van der Waals surface area (Å²) in [6.45, 7) is 2.38. The second-order valence-electron chi connectivity index (χ2n) is 6.85. The maximum Gasteiger partial charge on any atom is 0.337 e. The number of esters is 1. The van der Waals surface area contributed by atoms with Crippen LogP contribution in [-0.4, -0.2) is 90.0 Å². The lowest BCUT2D eigenvalue weighted by atomic mass is 10.2. The molecule has 0 aromatic heterocycles. The molecule has 154 valence electrons. The maximum absolute atomic E-state index is 13.2. The molecule has 0 aliphatic carbocycles. The van der Waals surface area contributed by atoms with Crippen LogP contribution < -0.4 is 0 Å². The van der Waals surface area contributed by atoms with E-state index in [4.69, 9.17) is 11.6 Å². The molecule has 0 saturated carbocycles. The molecule has 0 radical (unpaired) electrons. The molecule has 7 nitrogen and oxygen atoms in total. The summed E-state index contributed by atoms with van der Waals surface area (Å²) in [5, 5.41) is 0.0168. The second-order valence-corrected chi connectivity index (χ2v) is 9.17. The third kappa shape index (κ3) is 7.38. The predicted molar refractivity (Wildman–Crippen MR) is 108 cm³/mol. The van der Waals surface area contributed by atoms with Gasteiger partial charge in [-0.1, -0.05) is 11.6 Å². The van der Waals surface area contributed by atoms with Crippen molar-refractivity contribution in [1.29, 1.82) is 0 Å². The van der Waals surface area contributed by atoms with E-state index in [0.717, 1.165) is 13.1 Å². The molecule has 0 amide bonds. The fourth-order valence-electron chi connectivity index (χ4n) is 2.57. The first-order valence-corrected chi connectivity index (χ1v) is 10.6. The largest absolute Gasteiger partial charge is 0.465 e. The van der Waals surface area contributed by atoms with E-state index in [9.17, 15) is 13.2 Å². The molecule has 0 aliphatic rings. The predicted octanol–water partition coefficient (Wildman–Crippen LogP) is 2.02. The van der Waals surface area contributed by atoms with E-state index < -0.39 is 16.0 Å². The molecule has 9 heteroatoms. The minimum atomic E-state index is -3.76. The Hall–Kier alpha value is -1.19. The van der Waals surface area contributed by atoms with Crippen molar-refractivity contribution in [3.63, 3.8) is 0 Å². The smallest absolute Gasteiger partial charge is 0.337 e. The van der Waals surface area contributed by atoms with Crippen molar-refractivity contribution in [1.82, 2.24) is 14.1 Å². The minimum absolute atomic E-state index is 0.00604. The summed E-state index contributed by atoms with van der Waals surface area (Å²) in [7, 11) is 5.30. The van der Waals surface area contributed by atoms with Crippen molar-refractivity contribution in [2.75, 3.05) is 61.5 Å². The first kappa shape index (κ1) is 23.8. The van der Waals surface area contributed by atoms with E-state index in [1.165, 1.54) is 29.6 Å². The summed E-state index contributed by atoms with van der Waals surface area (Å²) in [4.78, 5) is 15.7. The first-order valence-electron chi connectivity index (χ1n) is 8.77. The van der Waals surface area contributed by atoms with Crippen molar-refractivity contribution >= 4 is 27.6 Å². The zero-order valence-corrected chi connectivity index (χ0v) is 18.3. The van der Waals surface area contributed by atoms with Crippen LogP contribution in [0.3, 0.4) is 0 Å². The Morgan fingerprint density at radius 2 is 1.52 bits per heavy atom. The number of methoxy groups -OCH3 is 1. The van der Waals surface area contributed by atoms with Crippen LogP contribution >= 0.6 is 11.6 Å². The SMILES string of the molecule is COC(=O)c1ccc(S(=O)(=O)N(CCCN(C)C)CCCN(C)C)c(Cl)c1. The minimum Gasteiger partial charge on any atom is -0.465 e. The van der Waals surface area contributed by atoms with E-state index >= 15 is 0 Å². The average molecular weight is 420 g/mol. The molecular formula is C18H30ClN3O4S. The number of hydrogen-bond acceptors (Lipinski definition) is 6. The van der Waals surface area contributed by atoms with Crippen LogP contribution in [0.5, 0.6) is 0 Å². The van der Waals surface area contributed by atoms with E-state index in [-0.39, 0.29) is 15.5 Å². The van der Waals surface area contributed by atoms with Crippen LogP contribution in [0.4, 0.5) is 0 Å². The fourth-order valence-corrected chi connectivity index (χ4v) is 4.61. The standard InChI is InChI=1S/C18H30ClN3O4S/c1-20(2)10-6-12-22(13-7-11-21(3)4)27(24,25)17-9-8-15(14-16(17)19)18(23)26-5/h8-9,14H,6-7,10-13H2,1-5H3. The lowest BCUT2D eigenvalue weighted by molar-refractivity contribution is 0.0600. The van der Waals surface area contributed by atoms with Gasteiger partial charge >= 0.3 is 5.97 Å². The lowest BCUT2D eigenvalue weighted by Crippen LogP contribution is -2.35. The summed E-state index contributed by atoms with van der Waals surface area (Å²) >= 11 is 6.20. The molecule has 0 heterocycles. The highest BCUT2D eigenvalue weighted by atomic mass is 35.5. The third-order valence-corrected chi connectivity index (χ3v) is 6.38. The van der Waals surface area contributed by atoms with Gasteiger partial charge in [-0.15, -0.1) is 0 Å². The second kappa shape index (κ2) is 11.0. The van der Waals surface area contributed by atoms with Gasteiger partial charge in [0, 0.05) is 13.1 Å². The molecule has 0 saturated heterocycles. The molecule has 0 unspecified atom stereocenters. The van der Waals surface area contributed by atoms with Crippen molar-refractivity contribution in [3.8, 4) is 0 Å². The molecule has 0 fully saturated rings. The van der Waals surface area contributed by atoms with Gasteiger partial charge in [0.25, 0.3) is 0 Å². The average Bonchev–Trinajstić information content (AvgIpc) is 2.58. The molecular weight excluding hydrogens is 390 g/mol. The highest BCUT2D eigenvalue weighted by Crippen LogP contribution is 2.26. The Bertz CT molecular complexity index is 709. The van der Waals surface area contributed by atoms with Crippen LogP contribution in [-0.2, 0) is 14.8 Å². The Morgan fingerprint density at radius 3 is 1.93 bits per heavy atom. The number of halogens is 1. The van der Waals surface area contributed by atoms with Crippen LogP contribution in [0.15, 0.2) is 23.1 Å². The number of carbonyl (C=O) groups is 1. The fraction of sp³-hybridized carbons (Fsp3) is 0.611. The molecule has 1 aromatic rings. The molecule has 0 bridgehead atoms. The van der Waals surface area contributed by atoms with E-state index in [0.29, 0.717) is 25.9 Å². The summed E-state index contributed by atoms with van der Waals surface area (Å²) in [6.07, 6.45) is 1.43. The molecule has 0 spiro atoms. The molecule has 0 aliphatic heterocycles. The van der Waals surface area contributed by atoms with Gasteiger partial charge in [0.1, 0.15) is 4.90 Å². The zero-order chi connectivity index (χ0) is 20.6. The molecule has 1 aromatic carbocycles. The van der Waals surface area contributed by atoms with Gasteiger partial charge in [0.05, 0.1) is 17.7 Å². The van der Waals surface area contributed by atoms with Crippen LogP contribution in [0.25, 0.3) is 0 Å². The van der Waals surface area contributed by atoms with E-state index in [2.05, 4.69) is 4.74 Å². The van der Waals surface area contributed by atoms with Crippen molar-refractivity contribution in [2.45, 2.75) is 17.7 Å². The first-order chi connectivity index (χ1) is 12.6. The summed E-state index contributed by atoms with van der Waals surface area (Å²) in [5.41, 5.74) is 0.216. The van der Waals surface area contributed by atoms with Crippen molar-refractivity contribution in [2.24, 2.45) is 0 Å². The summed E-state index contributed by atoms with van der Waals surface area (Å²) in [6, 6.07) is 4.12. The maximum atomic E-state index is 13.2. The van der Waals surface area contributed by atoms with Crippen LogP contribution in [0.1, 0.15) is 23.2 Å². The lowest BCUT2D eigenvalue weighted by Gasteiger charge is -2.24. The summed E-state index contributed by atoms with van der Waals surface area (Å²) < 4.78 is 32.4. The number of hydrogen-bond donors (Lipinski definition) is 0. The van der Waals surface area contributed by atoms with Gasteiger partial charge in [-0.25, -0.2) is 13.2 Å². The quantitative estimate of drug-likeness (QED) is 0.511. The van der Waals surface area contributed by atoms with Crippen LogP contribution in [0, 0.1) is 0 Å². The highest BCUT2D eigenvalue weighted by Gasteiger charge is 2.27. The molecule has 0 N–H and O–H groups in total. The normalized spacial score (nSPS) is 12.2. The van der Waals surface area contributed by atoms with Gasteiger partial charge < -0.3 is 14.5 Å². The summed E-state index contributed by atoms with van der Waals surface area (Å²) in [5.74, 6) is -0.560. The third-order valence-electron chi connectivity index (χ3n) is 4.00. The molecule has 27 heavy (non-hydrogen) atoms. The van der Waals surface area contributed by atoms with Gasteiger partial charge in [-0.05, 0) is 72.3 Å². The molecule has 0 atom stereocenters. The van der Waals surface area contributed by atoms with Crippen molar-refractivity contribution in [3.05, 3.63) is 28.8 Å². The van der Waals surface area contributed by atoms with E-state index in [1.54, 1.807) is 0 Å². The van der Waals surface area contributed by atoms with Gasteiger partial charge in [-0.2, -0.15) is 4.31 Å². The van der Waals surface area contributed by atoms with E-state index in [1.807, 2.05) is 38.0 Å². The number of carbonyl (C=O) groups excluding carboxylic acids is 1. The zero-order valence-electron chi connectivity index (χ0n) is 16.7. The Balaban J connectivity index is 3.07. The van der Waals surface area contributed by atoms with Gasteiger partial charge in [0.15, 0.2) is 0 Å². The highest BCUT2D eigenvalue weighted by molar-refractivity contribution is 7.89. The Kier molecular flexibility index (Phi) is 9.69. The number of ether oxygens (including phenoxy) is 1. The number of benzene rings is 1. The monoisotopic (exact) mass is 419 g/mol. The number of sulfonamides is 1. The van der Waals surface area contributed by atoms with Crippen molar-refractivity contribution < 1.29 is 17.9 Å². The van der Waals surface area contributed by atoms with Gasteiger partial charge in [-0.3, -0.25) is 0 Å². The van der Waals surface area contributed by atoms with Crippen LogP contribution in [0.2, 0.25) is 5.02 Å². The topological polar surface area (TPSA) is 70.2 Å². The van der Waals surface area contributed by atoms with Gasteiger partial charge in [0.2, 0.25) is 10.0 Å². The Morgan fingerprint density at radius 1 is 1.00 bits per heavy atom.